The Morgan fingerprint density at radius 3 is 2.89 bits per heavy atom. The Labute approximate surface area is 114 Å². The first-order valence-corrected chi connectivity index (χ1v) is 6.92. The summed E-state index contributed by atoms with van der Waals surface area (Å²) in [7, 11) is 1.97. The number of hydrogen-bond acceptors (Lipinski definition) is 3. The molecule has 1 aliphatic rings. The van der Waals surface area contributed by atoms with Gasteiger partial charge in [0.25, 0.3) is 0 Å². The van der Waals surface area contributed by atoms with E-state index >= 15 is 0 Å². The third-order valence-corrected chi connectivity index (χ3v) is 3.82. The lowest BCUT2D eigenvalue weighted by molar-refractivity contribution is 0.153. The van der Waals surface area contributed by atoms with Crippen LogP contribution in [0.5, 0.6) is 0 Å². The SMILES string of the molecule is CCN(CC1(CNC)CCOC1)c1cccc(F)c1. The summed E-state index contributed by atoms with van der Waals surface area (Å²) in [4.78, 5) is 2.23. The van der Waals surface area contributed by atoms with Crippen molar-refractivity contribution in [2.75, 3.05) is 44.8 Å². The lowest BCUT2D eigenvalue weighted by Gasteiger charge is -2.35. The fraction of sp³-hybridized carbons (Fsp3) is 0.600. The van der Waals surface area contributed by atoms with Crippen molar-refractivity contribution < 1.29 is 9.13 Å². The van der Waals surface area contributed by atoms with Crippen molar-refractivity contribution in [2.24, 2.45) is 5.41 Å². The largest absolute Gasteiger partial charge is 0.381 e. The molecule has 2 rings (SSSR count). The molecule has 0 aromatic heterocycles. The molecule has 0 spiro atoms. The molecule has 1 aliphatic heterocycles. The smallest absolute Gasteiger partial charge is 0.125 e. The number of nitrogens with zero attached hydrogens (tertiary/aromatic N) is 1. The molecule has 0 bridgehead atoms. The normalized spacial score (nSPS) is 22.7. The van der Waals surface area contributed by atoms with Gasteiger partial charge in [0.15, 0.2) is 0 Å². The second kappa shape index (κ2) is 6.35. The van der Waals surface area contributed by atoms with Crippen LogP contribution in [0.4, 0.5) is 10.1 Å². The molecule has 1 aromatic carbocycles. The van der Waals surface area contributed by atoms with Crippen LogP contribution in [0.2, 0.25) is 0 Å². The van der Waals surface area contributed by atoms with E-state index in [0.717, 1.165) is 45.0 Å². The van der Waals surface area contributed by atoms with Crippen LogP contribution in [0, 0.1) is 11.2 Å². The van der Waals surface area contributed by atoms with Crippen molar-refractivity contribution in [3.63, 3.8) is 0 Å². The monoisotopic (exact) mass is 266 g/mol. The van der Waals surface area contributed by atoms with Gasteiger partial charge in [-0.05, 0) is 38.6 Å². The highest BCUT2D eigenvalue weighted by molar-refractivity contribution is 5.46. The van der Waals surface area contributed by atoms with E-state index in [-0.39, 0.29) is 11.2 Å². The molecule has 1 aromatic rings. The second-order valence-corrected chi connectivity index (χ2v) is 5.33. The maximum absolute atomic E-state index is 13.4. The number of hydrogen-bond donors (Lipinski definition) is 1. The van der Waals surface area contributed by atoms with Crippen LogP contribution in [0.1, 0.15) is 13.3 Å². The quantitative estimate of drug-likeness (QED) is 0.855. The maximum atomic E-state index is 13.4. The van der Waals surface area contributed by atoms with Crippen LogP contribution in [-0.4, -0.2) is 39.9 Å². The minimum absolute atomic E-state index is 0.136. The van der Waals surface area contributed by atoms with Crippen LogP contribution in [0.25, 0.3) is 0 Å². The molecule has 1 fully saturated rings. The zero-order valence-electron chi connectivity index (χ0n) is 11.8. The zero-order valence-corrected chi connectivity index (χ0v) is 11.8. The van der Waals surface area contributed by atoms with Gasteiger partial charge in [-0.1, -0.05) is 6.07 Å². The minimum atomic E-state index is -0.179. The van der Waals surface area contributed by atoms with Crippen LogP contribution in [0.15, 0.2) is 24.3 Å². The summed E-state index contributed by atoms with van der Waals surface area (Å²) in [5.41, 5.74) is 1.08. The van der Waals surface area contributed by atoms with Gasteiger partial charge in [0.2, 0.25) is 0 Å². The van der Waals surface area contributed by atoms with E-state index in [2.05, 4.69) is 17.1 Å². The van der Waals surface area contributed by atoms with Crippen molar-refractivity contribution in [3.8, 4) is 0 Å². The standard InChI is InChI=1S/C15H23FN2O/c1-3-18(14-6-4-5-13(16)9-14)11-15(10-17-2)7-8-19-12-15/h4-6,9,17H,3,7-8,10-12H2,1-2H3. The molecule has 3 nitrogen and oxygen atoms in total. The Morgan fingerprint density at radius 2 is 2.32 bits per heavy atom. The van der Waals surface area contributed by atoms with Gasteiger partial charge in [-0.3, -0.25) is 0 Å². The van der Waals surface area contributed by atoms with Crippen molar-refractivity contribution in [1.29, 1.82) is 0 Å². The van der Waals surface area contributed by atoms with Crippen molar-refractivity contribution in [3.05, 3.63) is 30.1 Å². The van der Waals surface area contributed by atoms with E-state index in [1.54, 1.807) is 12.1 Å². The summed E-state index contributed by atoms with van der Waals surface area (Å²) in [5.74, 6) is -0.179. The van der Waals surface area contributed by atoms with Gasteiger partial charge in [-0.2, -0.15) is 0 Å². The van der Waals surface area contributed by atoms with E-state index in [0.29, 0.717) is 0 Å². The minimum Gasteiger partial charge on any atom is -0.381 e. The van der Waals surface area contributed by atoms with Gasteiger partial charge >= 0.3 is 0 Å². The number of rotatable bonds is 6. The van der Waals surface area contributed by atoms with E-state index in [1.807, 2.05) is 13.1 Å². The molecular weight excluding hydrogens is 243 g/mol. The van der Waals surface area contributed by atoms with Gasteiger partial charge in [-0.15, -0.1) is 0 Å². The molecule has 0 amide bonds. The number of nitrogens with one attached hydrogen (secondary N) is 1. The first-order valence-electron chi connectivity index (χ1n) is 6.92. The Hall–Kier alpha value is -1.13. The summed E-state index contributed by atoms with van der Waals surface area (Å²) in [6, 6.07) is 6.82. The van der Waals surface area contributed by atoms with E-state index < -0.39 is 0 Å². The van der Waals surface area contributed by atoms with Crippen LogP contribution < -0.4 is 10.2 Å². The van der Waals surface area contributed by atoms with Gasteiger partial charge in [-0.25, -0.2) is 4.39 Å². The lowest BCUT2D eigenvalue weighted by atomic mass is 9.86. The first-order chi connectivity index (χ1) is 9.19. The van der Waals surface area contributed by atoms with Gasteiger partial charge in [0, 0.05) is 37.3 Å². The van der Waals surface area contributed by atoms with E-state index in [4.69, 9.17) is 4.74 Å². The van der Waals surface area contributed by atoms with E-state index in [9.17, 15) is 4.39 Å². The fourth-order valence-corrected chi connectivity index (χ4v) is 2.81. The molecule has 1 atom stereocenters. The average Bonchev–Trinajstić information content (AvgIpc) is 2.85. The Balaban J connectivity index is 2.13. The summed E-state index contributed by atoms with van der Waals surface area (Å²) < 4.78 is 18.9. The molecule has 0 radical (unpaired) electrons. The van der Waals surface area contributed by atoms with Crippen LogP contribution in [0.3, 0.4) is 0 Å². The molecule has 1 N–H and O–H groups in total. The van der Waals surface area contributed by atoms with Crippen LogP contribution >= 0.6 is 0 Å². The van der Waals surface area contributed by atoms with Gasteiger partial charge in [0.1, 0.15) is 5.82 Å². The molecule has 1 heterocycles. The summed E-state index contributed by atoms with van der Waals surface area (Å²) in [5, 5.41) is 3.26. The molecule has 4 heteroatoms. The predicted octanol–water partition coefficient (Wildman–Crippen LogP) is 2.28. The third kappa shape index (κ3) is 3.45. The Bertz CT molecular complexity index is 405. The molecule has 1 unspecified atom stereocenters. The topological polar surface area (TPSA) is 24.5 Å². The molecular formula is C15H23FN2O. The summed E-state index contributed by atoms with van der Waals surface area (Å²) >= 11 is 0. The highest BCUT2D eigenvalue weighted by Crippen LogP contribution is 2.31. The number of anilines is 1. The number of halogens is 1. The highest BCUT2D eigenvalue weighted by Gasteiger charge is 2.36. The summed E-state index contributed by atoms with van der Waals surface area (Å²) in [6.45, 7) is 6.40. The van der Waals surface area contributed by atoms with Crippen molar-refractivity contribution in [1.82, 2.24) is 5.32 Å². The van der Waals surface area contributed by atoms with Gasteiger partial charge < -0.3 is 15.0 Å². The zero-order chi connectivity index (χ0) is 13.7. The molecule has 0 aliphatic carbocycles. The highest BCUT2D eigenvalue weighted by atomic mass is 19.1. The molecule has 1 saturated heterocycles. The van der Waals surface area contributed by atoms with E-state index in [1.165, 1.54) is 6.07 Å². The Kier molecular flexibility index (Phi) is 4.77. The maximum Gasteiger partial charge on any atom is 0.125 e. The summed E-state index contributed by atoms with van der Waals surface area (Å²) in [6.07, 6.45) is 1.06. The second-order valence-electron chi connectivity index (χ2n) is 5.33. The Morgan fingerprint density at radius 1 is 1.47 bits per heavy atom. The van der Waals surface area contributed by atoms with Gasteiger partial charge in [0.05, 0.1) is 6.61 Å². The van der Waals surface area contributed by atoms with Crippen molar-refractivity contribution >= 4 is 5.69 Å². The predicted molar refractivity (Wildman–Crippen MR) is 76.1 cm³/mol. The number of benzene rings is 1. The molecule has 0 saturated carbocycles. The number of ether oxygens (including phenoxy) is 1. The first kappa shape index (κ1) is 14.3. The third-order valence-electron chi connectivity index (χ3n) is 3.82. The van der Waals surface area contributed by atoms with Crippen LogP contribution in [-0.2, 0) is 4.74 Å². The lowest BCUT2D eigenvalue weighted by Crippen LogP contribution is -2.44. The fourth-order valence-electron chi connectivity index (χ4n) is 2.81. The molecule has 19 heavy (non-hydrogen) atoms. The average molecular weight is 266 g/mol. The molecule has 106 valence electrons. The van der Waals surface area contributed by atoms with Crippen molar-refractivity contribution in [2.45, 2.75) is 13.3 Å².